The van der Waals surface area contributed by atoms with Crippen LogP contribution in [-0.2, 0) is 4.79 Å². The van der Waals surface area contributed by atoms with E-state index in [9.17, 15) is 9.18 Å². The molecule has 78 valence electrons. The van der Waals surface area contributed by atoms with Gasteiger partial charge in [-0.15, -0.1) is 0 Å². The van der Waals surface area contributed by atoms with Gasteiger partial charge in [-0.05, 0) is 42.4 Å². The molecule has 1 aliphatic rings. The van der Waals surface area contributed by atoms with Crippen LogP contribution in [0.1, 0.15) is 17.2 Å². The van der Waals surface area contributed by atoms with Gasteiger partial charge in [0.15, 0.2) is 5.11 Å². The van der Waals surface area contributed by atoms with Gasteiger partial charge in [0, 0.05) is 0 Å². The minimum absolute atomic E-state index is 0.242. The summed E-state index contributed by atoms with van der Waals surface area (Å²) >= 11 is 4.81. The van der Waals surface area contributed by atoms with Crippen LogP contribution in [0.15, 0.2) is 18.2 Å². The lowest BCUT2D eigenvalue weighted by Gasteiger charge is -2.11. The van der Waals surface area contributed by atoms with Crippen molar-refractivity contribution in [3.63, 3.8) is 0 Å². The Kier molecular flexibility index (Phi) is 2.40. The molecule has 0 aliphatic carbocycles. The molecule has 1 fully saturated rings. The van der Waals surface area contributed by atoms with Crippen molar-refractivity contribution in [2.24, 2.45) is 0 Å². The lowest BCUT2D eigenvalue weighted by molar-refractivity contribution is -0.120. The van der Waals surface area contributed by atoms with Gasteiger partial charge in [0.2, 0.25) is 0 Å². The van der Waals surface area contributed by atoms with E-state index in [0.29, 0.717) is 5.56 Å². The molecule has 0 spiro atoms. The zero-order valence-corrected chi connectivity index (χ0v) is 8.82. The van der Waals surface area contributed by atoms with Crippen LogP contribution in [0.25, 0.3) is 0 Å². The third-order valence-corrected chi connectivity index (χ3v) is 2.55. The fourth-order valence-electron chi connectivity index (χ4n) is 1.56. The zero-order chi connectivity index (χ0) is 11.0. The van der Waals surface area contributed by atoms with Crippen molar-refractivity contribution in [1.29, 1.82) is 0 Å². The van der Waals surface area contributed by atoms with Crippen LogP contribution in [-0.4, -0.2) is 11.0 Å². The Labute approximate surface area is 91.7 Å². The Morgan fingerprint density at radius 1 is 1.47 bits per heavy atom. The van der Waals surface area contributed by atoms with E-state index < -0.39 is 6.04 Å². The Balaban J connectivity index is 2.41. The van der Waals surface area contributed by atoms with E-state index in [1.54, 1.807) is 6.07 Å². The summed E-state index contributed by atoms with van der Waals surface area (Å²) < 4.78 is 13.0. The lowest BCUT2D eigenvalue weighted by Crippen LogP contribution is -2.21. The predicted molar refractivity (Wildman–Crippen MR) is 57.8 cm³/mol. The Morgan fingerprint density at radius 2 is 2.20 bits per heavy atom. The van der Waals surface area contributed by atoms with E-state index in [-0.39, 0.29) is 16.8 Å². The molecule has 2 N–H and O–H groups in total. The number of amides is 1. The van der Waals surface area contributed by atoms with Gasteiger partial charge in [-0.1, -0.05) is 6.07 Å². The van der Waals surface area contributed by atoms with Crippen LogP contribution >= 0.6 is 12.2 Å². The fourth-order valence-corrected chi connectivity index (χ4v) is 1.78. The van der Waals surface area contributed by atoms with Gasteiger partial charge in [0.05, 0.1) is 0 Å². The first-order valence-corrected chi connectivity index (χ1v) is 4.86. The second kappa shape index (κ2) is 3.58. The summed E-state index contributed by atoms with van der Waals surface area (Å²) in [6.45, 7) is 1.82. The molecule has 1 amide bonds. The van der Waals surface area contributed by atoms with Gasteiger partial charge >= 0.3 is 0 Å². The Morgan fingerprint density at radius 3 is 2.80 bits per heavy atom. The molecule has 3 nitrogen and oxygen atoms in total. The van der Waals surface area contributed by atoms with Crippen molar-refractivity contribution in [3.8, 4) is 0 Å². The summed E-state index contributed by atoms with van der Waals surface area (Å²) in [6.07, 6.45) is 0. The maximum Gasteiger partial charge on any atom is 0.253 e. The summed E-state index contributed by atoms with van der Waals surface area (Å²) in [5, 5.41) is 5.55. The number of benzene rings is 1. The van der Waals surface area contributed by atoms with Crippen LogP contribution in [0.4, 0.5) is 4.39 Å². The third-order valence-electron chi connectivity index (χ3n) is 2.33. The van der Waals surface area contributed by atoms with Gasteiger partial charge in [-0.3, -0.25) is 4.79 Å². The van der Waals surface area contributed by atoms with Gasteiger partial charge in [-0.25, -0.2) is 4.39 Å². The van der Waals surface area contributed by atoms with Crippen molar-refractivity contribution in [2.75, 3.05) is 0 Å². The van der Waals surface area contributed by atoms with Crippen molar-refractivity contribution in [3.05, 3.63) is 35.1 Å². The van der Waals surface area contributed by atoms with Gasteiger partial charge < -0.3 is 10.6 Å². The van der Waals surface area contributed by atoms with E-state index in [1.807, 2.05) is 6.92 Å². The quantitative estimate of drug-likeness (QED) is 0.704. The number of rotatable bonds is 1. The summed E-state index contributed by atoms with van der Waals surface area (Å²) in [5.41, 5.74) is 1.47. The molecule has 0 radical (unpaired) electrons. The maximum absolute atomic E-state index is 13.0. The highest BCUT2D eigenvalue weighted by atomic mass is 32.1. The normalized spacial score (nSPS) is 20.0. The molecule has 0 aromatic heterocycles. The van der Waals surface area contributed by atoms with Crippen LogP contribution in [0.5, 0.6) is 0 Å². The molecule has 1 aliphatic heterocycles. The molecule has 1 heterocycles. The first-order valence-electron chi connectivity index (χ1n) is 4.45. The first-order chi connectivity index (χ1) is 7.08. The van der Waals surface area contributed by atoms with Crippen molar-refractivity contribution in [1.82, 2.24) is 10.6 Å². The number of thiocarbonyl (C=S) groups is 1. The molecule has 1 atom stereocenters. The number of carbonyl (C=O) groups excluding carboxylic acids is 1. The monoisotopic (exact) mass is 224 g/mol. The molecule has 0 bridgehead atoms. The highest BCUT2D eigenvalue weighted by Crippen LogP contribution is 2.21. The zero-order valence-electron chi connectivity index (χ0n) is 8.00. The number of halogens is 1. The van der Waals surface area contributed by atoms with E-state index >= 15 is 0 Å². The smallest absolute Gasteiger partial charge is 0.253 e. The van der Waals surface area contributed by atoms with Crippen LogP contribution < -0.4 is 10.6 Å². The molecule has 2 rings (SSSR count). The number of hydrogen-bond donors (Lipinski definition) is 2. The minimum atomic E-state index is -0.576. The number of nitrogens with one attached hydrogen (secondary N) is 2. The topological polar surface area (TPSA) is 41.1 Å². The van der Waals surface area contributed by atoms with E-state index in [2.05, 4.69) is 10.6 Å². The van der Waals surface area contributed by atoms with Gasteiger partial charge in [0.1, 0.15) is 11.9 Å². The Hall–Kier alpha value is -1.49. The first kappa shape index (κ1) is 10.0. The lowest BCUT2D eigenvalue weighted by atomic mass is 10.0. The summed E-state index contributed by atoms with van der Waals surface area (Å²) in [6, 6.07) is 3.78. The van der Waals surface area contributed by atoms with Crippen LogP contribution in [0.2, 0.25) is 0 Å². The average molecular weight is 224 g/mol. The van der Waals surface area contributed by atoms with Crippen molar-refractivity contribution in [2.45, 2.75) is 13.0 Å². The highest BCUT2D eigenvalue weighted by Gasteiger charge is 2.29. The SMILES string of the molecule is Cc1ccc(F)cc1C1NC(=S)NC1=O. The Bertz CT molecular complexity index is 447. The summed E-state index contributed by atoms with van der Waals surface area (Å²) in [4.78, 5) is 11.5. The fraction of sp³-hybridized carbons (Fsp3) is 0.200. The number of aryl methyl sites for hydroxylation is 1. The molecule has 1 aromatic rings. The highest BCUT2D eigenvalue weighted by molar-refractivity contribution is 7.80. The average Bonchev–Trinajstić information content (AvgIpc) is 2.50. The largest absolute Gasteiger partial charge is 0.347 e. The summed E-state index contributed by atoms with van der Waals surface area (Å²) in [7, 11) is 0. The molecular weight excluding hydrogens is 215 g/mol. The minimum Gasteiger partial charge on any atom is -0.347 e. The van der Waals surface area contributed by atoms with E-state index in [4.69, 9.17) is 12.2 Å². The van der Waals surface area contributed by atoms with Gasteiger partial charge in [0.25, 0.3) is 5.91 Å². The second-order valence-corrected chi connectivity index (χ2v) is 3.80. The van der Waals surface area contributed by atoms with Crippen molar-refractivity contribution >= 4 is 23.2 Å². The molecule has 15 heavy (non-hydrogen) atoms. The predicted octanol–water partition coefficient (Wildman–Crippen LogP) is 1.18. The second-order valence-electron chi connectivity index (χ2n) is 3.40. The molecule has 1 saturated heterocycles. The molecule has 0 saturated carbocycles. The summed E-state index contributed by atoms with van der Waals surface area (Å²) in [5.74, 6) is -0.600. The standard InChI is InChI=1S/C10H9FN2OS/c1-5-2-3-6(11)4-7(5)8-9(14)13-10(15)12-8/h2-4,8H,1H3,(H2,12,13,14,15). The van der Waals surface area contributed by atoms with Crippen LogP contribution in [0, 0.1) is 12.7 Å². The number of carbonyl (C=O) groups is 1. The van der Waals surface area contributed by atoms with Gasteiger partial charge in [-0.2, -0.15) is 0 Å². The maximum atomic E-state index is 13.0. The van der Waals surface area contributed by atoms with E-state index in [1.165, 1.54) is 12.1 Å². The molecule has 5 heteroatoms. The third kappa shape index (κ3) is 1.83. The van der Waals surface area contributed by atoms with E-state index in [0.717, 1.165) is 5.56 Å². The van der Waals surface area contributed by atoms with Crippen LogP contribution in [0.3, 0.4) is 0 Å². The molecular formula is C10H9FN2OS. The molecule has 1 aromatic carbocycles. The molecule has 1 unspecified atom stereocenters. The van der Waals surface area contributed by atoms with Crippen molar-refractivity contribution < 1.29 is 9.18 Å². The number of hydrogen-bond acceptors (Lipinski definition) is 2.